The molecule has 2 heterocycles. The molecule has 0 aliphatic heterocycles. The summed E-state index contributed by atoms with van der Waals surface area (Å²) in [5.41, 5.74) is 1.82. The molecule has 0 spiro atoms. The van der Waals surface area contributed by atoms with Crippen LogP contribution in [0.4, 0.5) is 4.39 Å². The number of ketones is 1. The average Bonchev–Trinajstić information content (AvgIpc) is 3.00. The lowest BCUT2D eigenvalue weighted by Gasteiger charge is -2.07. The second-order valence-corrected chi connectivity index (χ2v) is 4.75. The van der Waals surface area contributed by atoms with Crippen LogP contribution in [0.3, 0.4) is 0 Å². The highest BCUT2D eigenvalue weighted by molar-refractivity contribution is 6.09. The number of aromatic amines is 1. The van der Waals surface area contributed by atoms with Crippen LogP contribution in [-0.2, 0) is 6.42 Å². The zero-order chi connectivity index (χ0) is 15.4. The fourth-order valence-corrected chi connectivity index (χ4v) is 2.25. The minimum absolute atomic E-state index is 0.216. The number of carbonyl (C=O) groups excluding carboxylic acids is 1. The molecule has 112 valence electrons. The van der Waals surface area contributed by atoms with Crippen LogP contribution in [0.1, 0.15) is 15.9 Å². The van der Waals surface area contributed by atoms with Crippen LogP contribution >= 0.6 is 0 Å². The number of alkyl halides is 1. The van der Waals surface area contributed by atoms with Gasteiger partial charge in [-0.1, -0.05) is 30.3 Å². The number of Topliss-reactive ketones (excluding diaryl/α,β-unsaturated/α-hetero) is 1. The summed E-state index contributed by atoms with van der Waals surface area (Å²) in [6.45, 7) is -0.657. The third-order valence-electron chi connectivity index (χ3n) is 3.33. The monoisotopic (exact) mass is 299 g/mol. The maximum absolute atomic E-state index is 12.6. The number of hydrogen-bond donors (Lipinski definition) is 1. The van der Waals surface area contributed by atoms with Gasteiger partial charge in [-0.2, -0.15) is 0 Å². The molecule has 0 bridgehead atoms. The Kier molecular flexibility index (Phi) is 4.09. The second kappa shape index (κ2) is 6.34. The Morgan fingerprint density at radius 2 is 2.05 bits per heavy atom. The summed E-state index contributed by atoms with van der Waals surface area (Å²) >= 11 is 0. The highest BCUT2D eigenvalue weighted by Gasteiger charge is 2.17. The number of nitrogens with zero attached hydrogens (tertiary/aromatic N) is 2. The molecule has 22 heavy (non-hydrogen) atoms. The van der Waals surface area contributed by atoms with Crippen molar-refractivity contribution in [2.24, 2.45) is 0 Å². The van der Waals surface area contributed by atoms with Gasteiger partial charge in [0.05, 0.1) is 17.6 Å². The normalized spacial score (nSPS) is 10.8. The van der Waals surface area contributed by atoms with E-state index < -0.39 is 12.5 Å². The molecule has 1 aromatic carbocycles. The summed E-state index contributed by atoms with van der Waals surface area (Å²) in [5, 5.41) is 0.429. The van der Waals surface area contributed by atoms with Crippen LogP contribution in [0.25, 0.3) is 11.0 Å². The average molecular weight is 299 g/mol. The van der Waals surface area contributed by atoms with Crippen molar-refractivity contribution in [1.82, 2.24) is 15.0 Å². The summed E-state index contributed by atoms with van der Waals surface area (Å²) in [6.07, 6.45) is 3.49. The van der Waals surface area contributed by atoms with E-state index in [9.17, 15) is 9.18 Å². The van der Waals surface area contributed by atoms with Crippen LogP contribution in [0.5, 0.6) is 5.88 Å². The first kappa shape index (κ1) is 14.2. The van der Waals surface area contributed by atoms with Crippen molar-refractivity contribution in [3.05, 3.63) is 54.0 Å². The van der Waals surface area contributed by atoms with Gasteiger partial charge in [-0.15, -0.1) is 0 Å². The number of benzene rings is 1. The predicted octanol–water partition coefficient (Wildman–Crippen LogP) is 2.73. The minimum Gasteiger partial charge on any atom is -0.477 e. The van der Waals surface area contributed by atoms with E-state index in [0.717, 1.165) is 5.56 Å². The zero-order valence-electron chi connectivity index (χ0n) is 11.8. The Labute approximate surface area is 126 Å². The van der Waals surface area contributed by atoms with Crippen LogP contribution in [0.15, 0.2) is 42.9 Å². The van der Waals surface area contributed by atoms with Gasteiger partial charge in [-0.3, -0.25) is 4.79 Å². The van der Waals surface area contributed by atoms with Crippen LogP contribution in [-0.4, -0.2) is 34.0 Å². The van der Waals surface area contributed by atoms with Gasteiger partial charge < -0.3 is 9.72 Å². The Hall–Kier alpha value is -2.76. The molecule has 0 saturated carbocycles. The first-order valence-electron chi connectivity index (χ1n) is 6.87. The van der Waals surface area contributed by atoms with Crippen molar-refractivity contribution < 1.29 is 13.9 Å². The Morgan fingerprint density at radius 1 is 1.23 bits per heavy atom. The van der Waals surface area contributed by atoms with Crippen molar-refractivity contribution in [2.45, 2.75) is 6.42 Å². The van der Waals surface area contributed by atoms with E-state index in [-0.39, 0.29) is 5.56 Å². The number of hydrogen-bond acceptors (Lipinski definition) is 4. The van der Waals surface area contributed by atoms with E-state index in [0.29, 0.717) is 29.9 Å². The summed E-state index contributed by atoms with van der Waals surface area (Å²) in [7, 11) is 0. The van der Waals surface area contributed by atoms with Gasteiger partial charge in [-0.25, -0.2) is 14.4 Å². The zero-order valence-corrected chi connectivity index (χ0v) is 11.8. The molecule has 0 unspecified atom stereocenters. The molecule has 0 atom stereocenters. The molecular formula is C16H14FN3O2. The summed E-state index contributed by atoms with van der Waals surface area (Å²) in [5.74, 6) is -0.326. The van der Waals surface area contributed by atoms with Gasteiger partial charge in [0.1, 0.15) is 12.0 Å². The number of H-pyrrole nitrogens is 1. The SMILES string of the molecule is O=C(CF)c1c[nH]c2ncnc(OCCc3ccccc3)c12. The number of fused-ring (bicyclic) bond motifs is 1. The maximum Gasteiger partial charge on any atom is 0.226 e. The highest BCUT2D eigenvalue weighted by Crippen LogP contribution is 2.25. The number of halogens is 1. The van der Waals surface area contributed by atoms with Crippen molar-refractivity contribution in [1.29, 1.82) is 0 Å². The predicted molar refractivity (Wildman–Crippen MR) is 79.8 cm³/mol. The van der Waals surface area contributed by atoms with E-state index in [1.54, 1.807) is 0 Å². The van der Waals surface area contributed by atoms with Gasteiger partial charge in [-0.05, 0) is 5.56 Å². The Balaban J connectivity index is 1.81. The van der Waals surface area contributed by atoms with Gasteiger partial charge in [0.2, 0.25) is 5.88 Å². The van der Waals surface area contributed by atoms with Gasteiger partial charge in [0, 0.05) is 12.6 Å². The quantitative estimate of drug-likeness (QED) is 0.711. The Bertz CT molecular complexity index is 786. The van der Waals surface area contributed by atoms with Crippen molar-refractivity contribution in [2.75, 3.05) is 13.3 Å². The number of carbonyl (C=O) groups is 1. The lowest BCUT2D eigenvalue weighted by atomic mass is 10.1. The first-order valence-corrected chi connectivity index (χ1v) is 6.87. The van der Waals surface area contributed by atoms with Crippen LogP contribution in [0, 0.1) is 0 Å². The molecule has 0 aliphatic carbocycles. The number of rotatable bonds is 6. The topological polar surface area (TPSA) is 67.9 Å². The summed E-state index contributed by atoms with van der Waals surface area (Å²) in [6, 6.07) is 9.89. The lowest BCUT2D eigenvalue weighted by molar-refractivity contribution is 0.0960. The van der Waals surface area contributed by atoms with Gasteiger partial charge in [0.25, 0.3) is 0 Å². The van der Waals surface area contributed by atoms with Crippen molar-refractivity contribution in [3.63, 3.8) is 0 Å². The molecule has 0 amide bonds. The number of ether oxygens (including phenoxy) is 1. The molecule has 1 N–H and O–H groups in total. The third-order valence-corrected chi connectivity index (χ3v) is 3.33. The van der Waals surface area contributed by atoms with E-state index in [1.807, 2.05) is 30.3 Å². The molecule has 2 aromatic heterocycles. The summed E-state index contributed by atoms with van der Waals surface area (Å²) in [4.78, 5) is 22.5. The number of nitrogens with one attached hydrogen (secondary N) is 1. The van der Waals surface area contributed by atoms with Crippen molar-refractivity contribution in [3.8, 4) is 5.88 Å². The van der Waals surface area contributed by atoms with E-state index in [1.165, 1.54) is 12.5 Å². The van der Waals surface area contributed by atoms with E-state index in [4.69, 9.17) is 4.74 Å². The molecule has 3 rings (SSSR count). The fourth-order valence-electron chi connectivity index (χ4n) is 2.25. The molecular weight excluding hydrogens is 285 g/mol. The lowest BCUT2D eigenvalue weighted by Crippen LogP contribution is -2.05. The minimum atomic E-state index is -1.06. The van der Waals surface area contributed by atoms with Crippen LogP contribution in [0.2, 0.25) is 0 Å². The van der Waals surface area contributed by atoms with Gasteiger partial charge in [0.15, 0.2) is 12.5 Å². The van der Waals surface area contributed by atoms with E-state index >= 15 is 0 Å². The fraction of sp³-hybridized carbons (Fsp3) is 0.188. The molecule has 5 nitrogen and oxygen atoms in total. The smallest absolute Gasteiger partial charge is 0.226 e. The van der Waals surface area contributed by atoms with Crippen LogP contribution < -0.4 is 4.74 Å². The summed E-state index contributed by atoms with van der Waals surface area (Å²) < 4.78 is 18.3. The highest BCUT2D eigenvalue weighted by atomic mass is 19.1. The molecule has 3 aromatic rings. The molecule has 0 fully saturated rings. The maximum atomic E-state index is 12.6. The Morgan fingerprint density at radius 3 is 2.82 bits per heavy atom. The van der Waals surface area contributed by atoms with Crippen molar-refractivity contribution >= 4 is 16.8 Å². The largest absolute Gasteiger partial charge is 0.477 e. The standard InChI is InChI=1S/C16H14FN3O2/c17-8-13(21)12-9-18-15-14(12)16(20-10-19-15)22-7-6-11-4-2-1-3-5-11/h1-5,9-10H,6-8H2,(H,18,19,20). The van der Waals surface area contributed by atoms with E-state index in [2.05, 4.69) is 15.0 Å². The third kappa shape index (κ3) is 2.81. The molecule has 6 heteroatoms. The molecule has 0 radical (unpaired) electrons. The second-order valence-electron chi connectivity index (χ2n) is 4.75. The molecule has 0 aliphatic rings. The first-order chi connectivity index (χ1) is 10.8. The van der Waals surface area contributed by atoms with Gasteiger partial charge >= 0.3 is 0 Å². The molecule has 0 saturated heterocycles. The number of aromatic nitrogens is 3.